The Morgan fingerprint density at radius 2 is 1.87 bits per heavy atom. The summed E-state index contributed by atoms with van der Waals surface area (Å²) in [5.41, 5.74) is -0.434. The molecule has 2 atom stereocenters. The maximum absolute atomic E-state index is 12.4. The van der Waals surface area contributed by atoms with Crippen LogP contribution in [0.5, 0.6) is 0 Å². The lowest BCUT2D eigenvalue weighted by molar-refractivity contribution is 0.0162. The monoisotopic (exact) mass is 533 g/mol. The Hall–Kier alpha value is -1.03. The van der Waals surface area contributed by atoms with Gasteiger partial charge in [0.05, 0.1) is 0 Å². The Labute approximate surface area is 199 Å². The molecule has 2 unspecified atom stereocenters. The number of aliphatic imine (C=N–C) groups is 1. The number of amides is 1. The summed E-state index contributed by atoms with van der Waals surface area (Å²) in [6.07, 6.45) is 8.83. The van der Waals surface area contributed by atoms with Crippen LogP contribution >= 0.6 is 24.0 Å². The van der Waals surface area contributed by atoms with E-state index in [0.717, 1.165) is 64.6 Å². The first-order chi connectivity index (χ1) is 13.9. The maximum atomic E-state index is 12.4. The smallest absolute Gasteiger partial charge is 0.410 e. The van der Waals surface area contributed by atoms with Gasteiger partial charge in [-0.2, -0.15) is 0 Å². The van der Waals surface area contributed by atoms with Gasteiger partial charge in [0.25, 0.3) is 0 Å². The number of hydrogen-bond donors (Lipinski definition) is 1. The Morgan fingerprint density at radius 1 is 1.13 bits per heavy atom. The molecule has 3 aliphatic heterocycles. The van der Waals surface area contributed by atoms with Gasteiger partial charge in [-0.15, -0.1) is 24.0 Å². The molecule has 3 heterocycles. The average Bonchev–Trinajstić information content (AvgIpc) is 3.35. The molecule has 172 valence electrons. The van der Waals surface area contributed by atoms with Gasteiger partial charge in [-0.1, -0.05) is 12.2 Å². The van der Waals surface area contributed by atoms with Crippen LogP contribution in [0.4, 0.5) is 4.79 Å². The molecule has 3 aliphatic rings. The van der Waals surface area contributed by atoms with Crippen molar-refractivity contribution in [3.05, 3.63) is 12.2 Å². The van der Waals surface area contributed by atoms with Crippen LogP contribution in [0.3, 0.4) is 0 Å². The number of likely N-dealkylation sites (tertiary alicyclic amines) is 2. The fourth-order valence-corrected chi connectivity index (χ4v) is 4.54. The fraction of sp³-hybridized carbons (Fsp3) is 0.818. The summed E-state index contributed by atoms with van der Waals surface area (Å²) in [5.74, 6) is 1.53. The molecule has 7 nitrogen and oxygen atoms in total. The number of halogens is 1. The van der Waals surface area contributed by atoms with Gasteiger partial charge in [0.15, 0.2) is 5.96 Å². The molecule has 8 heteroatoms. The number of hydrogen-bond acceptors (Lipinski definition) is 4. The molecule has 0 aliphatic carbocycles. The highest BCUT2D eigenvalue weighted by Gasteiger charge is 2.30. The summed E-state index contributed by atoms with van der Waals surface area (Å²) >= 11 is 0. The van der Waals surface area contributed by atoms with Gasteiger partial charge in [0, 0.05) is 58.9 Å². The van der Waals surface area contributed by atoms with Crippen LogP contribution < -0.4 is 5.32 Å². The Bertz CT molecular complexity index is 611. The lowest BCUT2D eigenvalue weighted by atomic mass is 9.95. The van der Waals surface area contributed by atoms with Crippen molar-refractivity contribution >= 4 is 36.0 Å². The number of piperidine rings is 1. The van der Waals surface area contributed by atoms with E-state index in [1.54, 1.807) is 0 Å². The standard InChI is InChI=1S/C22H39N5O2.HI/c1-22(2,3)29-21(28)27-14-7-8-18(16-27)9-11-24-20(23-4)26-15-10-19(17-26)25-12-5-6-13-25;/h5-6,18-19H,7-17H2,1-4H3,(H,23,24);1H. The highest BCUT2D eigenvalue weighted by Crippen LogP contribution is 2.22. The van der Waals surface area contributed by atoms with Crippen LogP contribution in [-0.2, 0) is 4.74 Å². The quantitative estimate of drug-likeness (QED) is 0.261. The largest absolute Gasteiger partial charge is 0.444 e. The summed E-state index contributed by atoms with van der Waals surface area (Å²) < 4.78 is 5.54. The molecule has 0 aromatic rings. The summed E-state index contributed by atoms with van der Waals surface area (Å²) in [7, 11) is 1.87. The third kappa shape index (κ3) is 7.28. The van der Waals surface area contributed by atoms with E-state index in [4.69, 9.17) is 4.74 Å². The van der Waals surface area contributed by atoms with Crippen molar-refractivity contribution in [3.8, 4) is 0 Å². The molecule has 0 radical (unpaired) electrons. The van der Waals surface area contributed by atoms with Crippen LogP contribution in [0.2, 0.25) is 0 Å². The fourth-order valence-electron chi connectivity index (χ4n) is 4.54. The van der Waals surface area contributed by atoms with Gasteiger partial charge >= 0.3 is 6.09 Å². The molecule has 1 N–H and O–H groups in total. The van der Waals surface area contributed by atoms with Crippen LogP contribution in [0, 0.1) is 5.92 Å². The van der Waals surface area contributed by atoms with Crippen molar-refractivity contribution in [2.45, 2.75) is 58.1 Å². The third-order valence-electron chi connectivity index (χ3n) is 6.04. The van der Waals surface area contributed by atoms with E-state index < -0.39 is 5.60 Å². The second kappa shape index (κ2) is 11.5. The van der Waals surface area contributed by atoms with Crippen molar-refractivity contribution in [1.82, 2.24) is 20.0 Å². The molecule has 0 spiro atoms. The predicted octanol–water partition coefficient (Wildman–Crippen LogP) is 3.16. The van der Waals surface area contributed by atoms with Crippen molar-refractivity contribution in [2.75, 3.05) is 52.9 Å². The Balaban J connectivity index is 0.00000320. The molecule has 0 aromatic carbocycles. The highest BCUT2D eigenvalue weighted by atomic mass is 127. The van der Waals surface area contributed by atoms with E-state index in [1.165, 1.54) is 12.8 Å². The topological polar surface area (TPSA) is 60.4 Å². The zero-order valence-electron chi connectivity index (χ0n) is 19.1. The molecule has 30 heavy (non-hydrogen) atoms. The van der Waals surface area contributed by atoms with Crippen LogP contribution in [-0.4, -0.2) is 91.3 Å². The molecule has 0 aromatic heterocycles. The number of guanidine groups is 1. The molecular formula is C22H40IN5O2. The van der Waals surface area contributed by atoms with Crippen LogP contribution in [0.25, 0.3) is 0 Å². The second-order valence-corrected chi connectivity index (χ2v) is 9.51. The average molecular weight is 533 g/mol. The Kier molecular flexibility index (Phi) is 9.71. The minimum atomic E-state index is -0.434. The summed E-state index contributed by atoms with van der Waals surface area (Å²) in [5, 5.41) is 3.56. The highest BCUT2D eigenvalue weighted by molar-refractivity contribution is 14.0. The zero-order valence-corrected chi connectivity index (χ0v) is 21.4. The predicted molar refractivity (Wildman–Crippen MR) is 133 cm³/mol. The van der Waals surface area contributed by atoms with Gasteiger partial charge in [0.1, 0.15) is 5.60 Å². The third-order valence-corrected chi connectivity index (χ3v) is 6.04. The van der Waals surface area contributed by atoms with Gasteiger partial charge in [-0.25, -0.2) is 4.79 Å². The van der Waals surface area contributed by atoms with Crippen LogP contribution in [0.15, 0.2) is 17.1 Å². The van der Waals surface area contributed by atoms with Crippen LogP contribution in [0.1, 0.15) is 46.5 Å². The summed E-state index contributed by atoms with van der Waals surface area (Å²) in [6, 6.07) is 0.629. The number of rotatable bonds is 4. The van der Waals surface area contributed by atoms with Gasteiger partial charge < -0.3 is 19.9 Å². The van der Waals surface area contributed by atoms with Crippen molar-refractivity contribution < 1.29 is 9.53 Å². The first-order valence-electron chi connectivity index (χ1n) is 11.2. The lowest BCUT2D eigenvalue weighted by Gasteiger charge is -2.34. The summed E-state index contributed by atoms with van der Waals surface area (Å²) in [4.78, 5) is 23.7. The van der Waals surface area contributed by atoms with Crippen molar-refractivity contribution in [2.24, 2.45) is 10.9 Å². The van der Waals surface area contributed by atoms with E-state index in [2.05, 4.69) is 32.3 Å². The first kappa shape index (κ1) is 25.2. The lowest BCUT2D eigenvalue weighted by Crippen LogP contribution is -2.45. The van der Waals surface area contributed by atoms with Crippen molar-refractivity contribution in [3.63, 3.8) is 0 Å². The minimum absolute atomic E-state index is 0. The second-order valence-electron chi connectivity index (χ2n) is 9.51. The van der Waals surface area contributed by atoms with Crippen molar-refractivity contribution in [1.29, 1.82) is 0 Å². The van der Waals surface area contributed by atoms with Gasteiger partial charge in [-0.3, -0.25) is 9.89 Å². The molecule has 2 fully saturated rings. The van der Waals surface area contributed by atoms with E-state index in [-0.39, 0.29) is 30.1 Å². The number of carbonyl (C=O) groups is 1. The van der Waals surface area contributed by atoms with E-state index >= 15 is 0 Å². The molecule has 0 saturated carbocycles. The number of carbonyl (C=O) groups excluding carboxylic acids is 1. The van der Waals surface area contributed by atoms with E-state index in [1.807, 2.05) is 32.7 Å². The Morgan fingerprint density at radius 3 is 2.53 bits per heavy atom. The number of ether oxygens (including phenoxy) is 1. The number of nitrogens with zero attached hydrogens (tertiary/aromatic N) is 4. The normalized spacial score (nSPS) is 25.4. The van der Waals surface area contributed by atoms with E-state index in [0.29, 0.717) is 12.0 Å². The van der Waals surface area contributed by atoms with E-state index in [9.17, 15) is 4.79 Å². The minimum Gasteiger partial charge on any atom is -0.444 e. The molecular weight excluding hydrogens is 493 g/mol. The van der Waals surface area contributed by atoms with Gasteiger partial charge in [0.2, 0.25) is 0 Å². The molecule has 2 saturated heterocycles. The molecule has 0 bridgehead atoms. The maximum Gasteiger partial charge on any atom is 0.410 e. The first-order valence-corrected chi connectivity index (χ1v) is 11.2. The SMILES string of the molecule is CN=C(NCCC1CCCN(C(=O)OC(C)(C)C)C1)N1CCC(N2CC=CC2)C1.I. The van der Waals surface area contributed by atoms with Gasteiger partial charge in [-0.05, 0) is 52.4 Å². The zero-order chi connectivity index (χ0) is 20.9. The number of nitrogens with one attached hydrogen (secondary N) is 1. The summed E-state index contributed by atoms with van der Waals surface area (Å²) in [6.45, 7) is 12.5. The molecule has 3 rings (SSSR count). The molecule has 1 amide bonds.